The van der Waals surface area contributed by atoms with E-state index >= 15 is 0 Å². The van der Waals surface area contributed by atoms with Gasteiger partial charge in [0.25, 0.3) is 17.4 Å². The van der Waals surface area contributed by atoms with Gasteiger partial charge in [-0.15, -0.1) is 0 Å². The molecule has 8 nitrogen and oxygen atoms in total. The van der Waals surface area contributed by atoms with Gasteiger partial charge in [-0.05, 0) is 56.6 Å². The lowest BCUT2D eigenvalue weighted by Gasteiger charge is -2.27. The van der Waals surface area contributed by atoms with Crippen LogP contribution in [0.1, 0.15) is 63.1 Å². The Hall–Kier alpha value is -3.59. The van der Waals surface area contributed by atoms with Crippen LogP contribution < -0.4 is 0 Å². The second-order valence-corrected chi connectivity index (χ2v) is 9.26. The number of nitrogens with zero attached hydrogens (tertiary/aromatic N) is 3. The van der Waals surface area contributed by atoms with Crippen LogP contribution in [-0.2, 0) is 9.59 Å². The highest BCUT2D eigenvalue weighted by atomic mass is 19.1. The number of rotatable bonds is 13. The summed E-state index contributed by atoms with van der Waals surface area (Å²) in [6, 6.07) is 9.80. The first-order valence-corrected chi connectivity index (χ1v) is 12.8. The van der Waals surface area contributed by atoms with Crippen LogP contribution in [-0.4, -0.2) is 57.7 Å². The van der Waals surface area contributed by atoms with Crippen LogP contribution >= 0.6 is 0 Å². The SMILES string of the molecule is CCCCN(CCCC)CCCN1C(=O)C(=O)C(=C(O)c2cccc([N+](=O)[O-])c2)[C@H]1c1cccc(F)c1. The third-order valence-corrected chi connectivity index (χ3v) is 6.56. The number of carbonyl (C=O) groups is 2. The van der Waals surface area contributed by atoms with Gasteiger partial charge in [-0.3, -0.25) is 19.7 Å². The van der Waals surface area contributed by atoms with Crippen molar-refractivity contribution in [2.24, 2.45) is 0 Å². The van der Waals surface area contributed by atoms with Gasteiger partial charge in [0.15, 0.2) is 0 Å². The minimum absolute atomic E-state index is 0.0407. The van der Waals surface area contributed by atoms with Gasteiger partial charge in [0, 0.05) is 24.2 Å². The molecule has 0 aliphatic carbocycles. The molecule has 0 spiro atoms. The van der Waals surface area contributed by atoms with Gasteiger partial charge in [0.05, 0.1) is 16.5 Å². The Labute approximate surface area is 216 Å². The van der Waals surface area contributed by atoms with Crippen LogP contribution in [0.5, 0.6) is 0 Å². The summed E-state index contributed by atoms with van der Waals surface area (Å²) >= 11 is 0. The van der Waals surface area contributed by atoms with Gasteiger partial charge in [0.1, 0.15) is 11.6 Å². The zero-order chi connectivity index (χ0) is 26.9. The fraction of sp³-hybridized carbons (Fsp3) is 0.429. The van der Waals surface area contributed by atoms with Gasteiger partial charge in [-0.25, -0.2) is 4.39 Å². The van der Waals surface area contributed by atoms with E-state index in [0.717, 1.165) is 51.4 Å². The highest BCUT2D eigenvalue weighted by molar-refractivity contribution is 6.46. The number of likely N-dealkylation sites (tertiary alicyclic amines) is 1. The molecule has 0 bridgehead atoms. The Balaban J connectivity index is 1.96. The van der Waals surface area contributed by atoms with E-state index in [9.17, 15) is 29.2 Å². The number of aliphatic hydroxyl groups is 1. The quantitative estimate of drug-likeness (QED) is 0.126. The number of aliphatic hydroxyl groups excluding tert-OH is 1. The van der Waals surface area contributed by atoms with E-state index < -0.39 is 34.2 Å². The predicted octanol–water partition coefficient (Wildman–Crippen LogP) is 5.45. The summed E-state index contributed by atoms with van der Waals surface area (Å²) in [6.45, 7) is 7.16. The number of hydrogen-bond acceptors (Lipinski definition) is 6. The number of nitro groups is 1. The van der Waals surface area contributed by atoms with Crippen molar-refractivity contribution in [2.75, 3.05) is 26.2 Å². The zero-order valence-electron chi connectivity index (χ0n) is 21.4. The summed E-state index contributed by atoms with van der Waals surface area (Å²) in [5.41, 5.74) is -0.0799. The van der Waals surface area contributed by atoms with Gasteiger partial charge in [0.2, 0.25) is 0 Å². The molecule has 37 heavy (non-hydrogen) atoms. The number of amides is 1. The summed E-state index contributed by atoms with van der Waals surface area (Å²) < 4.78 is 14.2. The van der Waals surface area contributed by atoms with Crippen molar-refractivity contribution < 1.29 is 24.0 Å². The number of hydrogen-bond donors (Lipinski definition) is 1. The number of non-ortho nitro benzene ring substituents is 1. The minimum Gasteiger partial charge on any atom is -0.507 e. The summed E-state index contributed by atoms with van der Waals surface area (Å²) in [6.07, 6.45) is 4.90. The normalized spacial score (nSPS) is 17.1. The molecule has 3 rings (SSSR count). The third kappa shape index (κ3) is 6.80. The Morgan fingerprint density at radius 1 is 1.03 bits per heavy atom. The van der Waals surface area contributed by atoms with E-state index in [2.05, 4.69) is 18.7 Å². The topological polar surface area (TPSA) is 104 Å². The number of unbranched alkanes of at least 4 members (excludes halogenated alkanes) is 2. The fourth-order valence-electron chi connectivity index (χ4n) is 4.62. The van der Waals surface area contributed by atoms with Crippen molar-refractivity contribution in [3.05, 3.63) is 81.2 Å². The largest absolute Gasteiger partial charge is 0.507 e. The van der Waals surface area contributed by atoms with Crippen molar-refractivity contribution in [1.29, 1.82) is 0 Å². The molecule has 1 heterocycles. The van der Waals surface area contributed by atoms with Gasteiger partial charge in [-0.1, -0.05) is 51.0 Å². The highest BCUT2D eigenvalue weighted by Gasteiger charge is 2.46. The van der Waals surface area contributed by atoms with Crippen molar-refractivity contribution >= 4 is 23.1 Å². The van der Waals surface area contributed by atoms with Crippen LogP contribution in [0.4, 0.5) is 10.1 Å². The maximum Gasteiger partial charge on any atom is 0.295 e. The number of benzene rings is 2. The predicted molar refractivity (Wildman–Crippen MR) is 139 cm³/mol. The molecule has 1 aliphatic rings. The maximum absolute atomic E-state index is 14.2. The fourth-order valence-corrected chi connectivity index (χ4v) is 4.62. The lowest BCUT2D eigenvalue weighted by molar-refractivity contribution is -0.384. The van der Waals surface area contributed by atoms with E-state index in [0.29, 0.717) is 12.0 Å². The molecule has 0 unspecified atom stereocenters. The molecular weight excluding hydrogens is 477 g/mol. The average Bonchev–Trinajstić information content (AvgIpc) is 3.14. The van der Waals surface area contributed by atoms with Crippen LogP contribution in [0.3, 0.4) is 0 Å². The van der Waals surface area contributed by atoms with Crippen LogP contribution in [0.15, 0.2) is 54.1 Å². The van der Waals surface area contributed by atoms with Crippen molar-refractivity contribution in [1.82, 2.24) is 9.80 Å². The molecule has 1 fully saturated rings. The number of Topliss-reactive ketones (excluding diaryl/α,β-unsaturated/α-hetero) is 1. The van der Waals surface area contributed by atoms with Crippen molar-refractivity contribution in [2.45, 2.75) is 52.0 Å². The molecule has 0 aromatic heterocycles. The Bertz CT molecular complexity index is 1160. The molecular formula is C28H34FN3O5. The van der Waals surface area contributed by atoms with Crippen LogP contribution in [0, 0.1) is 15.9 Å². The first-order valence-electron chi connectivity index (χ1n) is 12.8. The third-order valence-electron chi connectivity index (χ3n) is 6.56. The molecule has 0 radical (unpaired) electrons. The molecule has 2 aromatic rings. The molecule has 198 valence electrons. The first kappa shape index (κ1) is 28.0. The van der Waals surface area contributed by atoms with Gasteiger partial charge in [-0.2, -0.15) is 0 Å². The number of halogens is 1. The summed E-state index contributed by atoms with van der Waals surface area (Å²) in [5.74, 6) is -2.74. The van der Waals surface area contributed by atoms with Crippen molar-refractivity contribution in [3.63, 3.8) is 0 Å². The second-order valence-electron chi connectivity index (χ2n) is 9.26. The van der Waals surface area contributed by atoms with Gasteiger partial charge < -0.3 is 14.9 Å². The summed E-state index contributed by atoms with van der Waals surface area (Å²) in [5, 5.41) is 22.3. The summed E-state index contributed by atoms with van der Waals surface area (Å²) in [7, 11) is 0. The number of carbonyl (C=O) groups excluding carboxylic acids is 2. The minimum atomic E-state index is -1.00. The molecule has 1 N–H and O–H groups in total. The van der Waals surface area contributed by atoms with E-state index in [4.69, 9.17) is 0 Å². The maximum atomic E-state index is 14.2. The molecule has 1 aliphatic heterocycles. The Kier molecular flexibility index (Phi) is 9.91. The summed E-state index contributed by atoms with van der Waals surface area (Å²) in [4.78, 5) is 40.6. The first-order chi connectivity index (χ1) is 17.8. The lowest BCUT2D eigenvalue weighted by atomic mass is 9.95. The highest BCUT2D eigenvalue weighted by Crippen LogP contribution is 2.40. The van der Waals surface area contributed by atoms with E-state index in [1.165, 1.54) is 41.3 Å². The molecule has 1 amide bonds. The van der Waals surface area contributed by atoms with E-state index in [-0.39, 0.29) is 23.4 Å². The van der Waals surface area contributed by atoms with E-state index in [1.807, 2.05) is 0 Å². The van der Waals surface area contributed by atoms with Crippen LogP contribution in [0.2, 0.25) is 0 Å². The molecule has 2 aromatic carbocycles. The smallest absolute Gasteiger partial charge is 0.295 e. The molecule has 1 saturated heterocycles. The molecule has 0 saturated carbocycles. The van der Waals surface area contributed by atoms with Gasteiger partial charge >= 0.3 is 0 Å². The zero-order valence-corrected chi connectivity index (χ0v) is 21.4. The Morgan fingerprint density at radius 2 is 1.68 bits per heavy atom. The lowest BCUT2D eigenvalue weighted by Crippen LogP contribution is -2.34. The van der Waals surface area contributed by atoms with Crippen molar-refractivity contribution in [3.8, 4) is 0 Å². The molecule has 9 heteroatoms. The average molecular weight is 512 g/mol. The van der Waals surface area contributed by atoms with E-state index in [1.54, 1.807) is 6.07 Å². The van der Waals surface area contributed by atoms with Crippen LogP contribution in [0.25, 0.3) is 5.76 Å². The number of nitro benzene ring substituents is 1. The standard InChI is InChI=1S/C28H34FN3O5/c1-3-5-14-30(15-6-4-2)16-9-17-31-25(20-10-7-12-22(29)18-20)24(27(34)28(31)35)26(33)21-11-8-13-23(19-21)32(36)37/h7-8,10-13,18-19,25,33H,3-6,9,14-17H2,1-2H3/t25-/m1/s1. The monoisotopic (exact) mass is 511 g/mol. The molecule has 1 atom stereocenters. The Morgan fingerprint density at radius 3 is 2.30 bits per heavy atom. The second kappa shape index (κ2) is 13.1. The number of ketones is 1.